The standard InChI is InChI=1S/C21H29N5O2/c1-3-16-11-15(12-19(27)24-16)20(28)26(14-18-23-9-10-25(18)4-2)17-13-21(17)5-7-22-8-6-21/h9-12,17,22H,3-8,13-14H2,1-2H3,(H,24,27). The van der Waals surface area contributed by atoms with Crippen molar-refractivity contribution in [2.45, 2.75) is 58.7 Å². The number of imidazole rings is 1. The van der Waals surface area contributed by atoms with Crippen LogP contribution in [0.4, 0.5) is 0 Å². The summed E-state index contributed by atoms with van der Waals surface area (Å²) in [6.07, 6.45) is 7.66. The minimum atomic E-state index is -0.218. The Morgan fingerprint density at radius 3 is 2.82 bits per heavy atom. The average molecular weight is 383 g/mol. The van der Waals surface area contributed by atoms with E-state index in [2.05, 4.69) is 26.8 Å². The summed E-state index contributed by atoms with van der Waals surface area (Å²) in [5, 5.41) is 3.42. The number of rotatable bonds is 6. The van der Waals surface area contributed by atoms with Crippen molar-refractivity contribution in [3.05, 3.63) is 52.0 Å². The number of amides is 1. The SMILES string of the molecule is CCc1cc(C(=O)N(Cc2nccn2CC)C2CC23CCNCC3)cc(=O)[nH]1. The van der Waals surface area contributed by atoms with Crippen LogP contribution in [0, 0.1) is 5.41 Å². The van der Waals surface area contributed by atoms with Crippen LogP contribution in [0.3, 0.4) is 0 Å². The first-order chi connectivity index (χ1) is 13.6. The molecule has 0 radical (unpaired) electrons. The van der Waals surface area contributed by atoms with Crippen molar-refractivity contribution >= 4 is 5.91 Å². The summed E-state index contributed by atoms with van der Waals surface area (Å²) in [5.41, 5.74) is 1.27. The van der Waals surface area contributed by atoms with E-state index in [1.807, 2.05) is 24.1 Å². The average Bonchev–Trinajstić information content (AvgIpc) is 3.18. The third kappa shape index (κ3) is 3.51. The van der Waals surface area contributed by atoms with Gasteiger partial charge in [-0.15, -0.1) is 0 Å². The van der Waals surface area contributed by atoms with Crippen molar-refractivity contribution in [3.8, 4) is 0 Å². The van der Waals surface area contributed by atoms with E-state index in [-0.39, 0.29) is 22.9 Å². The smallest absolute Gasteiger partial charge is 0.254 e. The second-order valence-corrected chi connectivity index (χ2v) is 8.01. The largest absolute Gasteiger partial charge is 0.334 e. The van der Waals surface area contributed by atoms with E-state index in [1.54, 1.807) is 6.20 Å². The van der Waals surface area contributed by atoms with Gasteiger partial charge in [0.1, 0.15) is 5.82 Å². The minimum Gasteiger partial charge on any atom is -0.334 e. The molecule has 1 saturated heterocycles. The molecule has 7 nitrogen and oxygen atoms in total. The number of aryl methyl sites for hydroxylation is 2. The van der Waals surface area contributed by atoms with Crippen LogP contribution in [0.1, 0.15) is 55.0 Å². The van der Waals surface area contributed by atoms with E-state index >= 15 is 0 Å². The van der Waals surface area contributed by atoms with Gasteiger partial charge in [-0.1, -0.05) is 6.92 Å². The molecular weight excluding hydrogens is 354 g/mol. The third-order valence-corrected chi connectivity index (χ3v) is 6.37. The predicted molar refractivity (Wildman–Crippen MR) is 107 cm³/mol. The maximum Gasteiger partial charge on any atom is 0.254 e. The highest BCUT2D eigenvalue weighted by Crippen LogP contribution is 2.56. The zero-order chi connectivity index (χ0) is 19.7. The van der Waals surface area contributed by atoms with Gasteiger partial charge in [0.15, 0.2) is 0 Å². The Morgan fingerprint density at radius 1 is 1.32 bits per heavy atom. The number of hydrogen-bond donors (Lipinski definition) is 2. The van der Waals surface area contributed by atoms with Crippen molar-refractivity contribution in [1.29, 1.82) is 0 Å². The summed E-state index contributed by atoms with van der Waals surface area (Å²) in [5.74, 6) is 0.833. The molecule has 2 aliphatic rings. The molecule has 1 unspecified atom stereocenters. The lowest BCUT2D eigenvalue weighted by Crippen LogP contribution is -2.40. The molecule has 1 amide bonds. The molecule has 1 aliphatic heterocycles. The number of carbonyl (C=O) groups excluding carboxylic acids is 1. The Morgan fingerprint density at radius 2 is 2.11 bits per heavy atom. The lowest BCUT2D eigenvalue weighted by Gasteiger charge is -2.29. The molecule has 0 aromatic carbocycles. The Balaban J connectivity index is 1.66. The van der Waals surface area contributed by atoms with Gasteiger partial charge in [-0.05, 0) is 57.2 Å². The Kier molecular flexibility index (Phi) is 5.10. The van der Waals surface area contributed by atoms with Crippen LogP contribution >= 0.6 is 0 Å². The Hall–Kier alpha value is -2.41. The molecule has 2 aromatic rings. The third-order valence-electron chi connectivity index (χ3n) is 6.37. The van der Waals surface area contributed by atoms with Crippen molar-refractivity contribution in [1.82, 2.24) is 24.8 Å². The normalized spacial score (nSPS) is 20.3. The molecule has 1 aliphatic carbocycles. The van der Waals surface area contributed by atoms with Gasteiger partial charge in [0.25, 0.3) is 5.91 Å². The number of piperidine rings is 1. The number of aromatic nitrogens is 3. The fourth-order valence-electron chi connectivity index (χ4n) is 4.57. The molecule has 1 spiro atoms. The summed E-state index contributed by atoms with van der Waals surface area (Å²) in [6, 6.07) is 3.46. The molecule has 3 heterocycles. The van der Waals surface area contributed by atoms with Gasteiger partial charge in [-0.3, -0.25) is 9.59 Å². The highest BCUT2D eigenvalue weighted by atomic mass is 16.2. The molecule has 2 aromatic heterocycles. The van der Waals surface area contributed by atoms with E-state index in [4.69, 9.17) is 0 Å². The van der Waals surface area contributed by atoms with E-state index in [9.17, 15) is 9.59 Å². The molecule has 150 valence electrons. The molecule has 2 fully saturated rings. The Labute approximate surface area is 165 Å². The molecule has 28 heavy (non-hydrogen) atoms. The monoisotopic (exact) mass is 383 g/mol. The van der Waals surface area contributed by atoms with Crippen LogP contribution in [0.5, 0.6) is 0 Å². The topological polar surface area (TPSA) is 83.0 Å². The molecule has 1 saturated carbocycles. The second kappa shape index (κ2) is 7.54. The number of nitrogens with one attached hydrogen (secondary N) is 2. The number of nitrogens with zero attached hydrogens (tertiary/aromatic N) is 3. The number of aromatic amines is 1. The summed E-state index contributed by atoms with van der Waals surface area (Å²) in [7, 11) is 0. The molecule has 0 bridgehead atoms. The maximum atomic E-state index is 13.5. The lowest BCUT2D eigenvalue weighted by atomic mass is 9.93. The first kappa shape index (κ1) is 18.9. The molecule has 1 atom stereocenters. The molecule has 4 rings (SSSR count). The van der Waals surface area contributed by atoms with Gasteiger partial charge in [0.05, 0.1) is 6.54 Å². The Bertz CT molecular complexity index is 910. The summed E-state index contributed by atoms with van der Waals surface area (Å²) < 4.78 is 2.08. The molecule has 7 heteroatoms. The van der Waals surface area contributed by atoms with Crippen molar-refractivity contribution in [2.75, 3.05) is 13.1 Å². The number of carbonyl (C=O) groups is 1. The van der Waals surface area contributed by atoms with Gasteiger partial charge < -0.3 is 19.8 Å². The quantitative estimate of drug-likeness (QED) is 0.799. The second-order valence-electron chi connectivity index (χ2n) is 8.01. The van der Waals surface area contributed by atoms with E-state index in [1.165, 1.54) is 6.07 Å². The van der Waals surface area contributed by atoms with Crippen molar-refractivity contribution in [3.63, 3.8) is 0 Å². The minimum absolute atomic E-state index is 0.0631. The first-order valence-electron chi connectivity index (χ1n) is 10.3. The van der Waals surface area contributed by atoms with Crippen molar-refractivity contribution < 1.29 is 4.79 Å². The van der Waals surface area contributed by atoms with Gasteiger partial charge in [0.2, 0.25) is 5.56 Å². The fraction of sp³-hybridized carbons (Fsp3) is 0.571. The van der Waals surface area contributed by atoms with E-state index in [0.717, 1.165) is 50.4 Å². The number of H-pyrrole nitrogens is 1. The van der Waals surface area contributed by atoms with Crippen LogP contribution in [0.2, 0.25) is 0 Å². The van der Waals surface area contributed by atoms with Gasteiger partial charge >= 0.3 is 0 Å². The highest BCUT2D eigenvalue weighted by Gasteiger charge is 2.58. The van der Waals surface area contributed by atoms with Gasteiger partial charge in [0, 0.05) is 42.3 Å². The predicted octanol–water partition coefficient (Wildman–Crippen LogP) is 1.94. The van der Waals surface area contributed by atoms with Crippen LogP contribution in [0.15, 0.2) is 29.3 Å². The number of pyridine rings is 1. The van der Waals surface area contributed by atoms with E-state index < -0.39 is 0 Å². The number of hydrogen-bond acceptors (Lipinski definition) is 4. The highest BCUT2D eigenvalue weighted by molar-refractivity contribution is 5.94. The summed E-state index contributed by atoms with van der Waals surface area (Å²) in [4.78, 5) is 34.8. The van der Waals surface area contributed by atoms with E-state index in [0.29, 0.717) is 18.5 Å². The van der Waals surface area contributed by atoms with Gasteiger partial charge in [-0.2, -0.15) is 0 Å². The molecule has 2 N–H and O–H groups in total. The van der Waals surface area contributed by atoms with Crippen LogP contribution in [0.25, 0.3) is 0 Å². The van der Waals surface area contributed by atoms with Crippen molar-refractivity contribution in [2.24, 2.45) is 5.41 Å². The zero-order valence-corrected chi connectivity index (χ0v) is 16.7. The zero-order valence-electron chi connectivity index (χ0n) is 16.7. The van der Waals surface area contributed by atoms with Crippen LogP contribution in [-0.4, -0.2) is 44.5 Å². The van der Waals surface area contributed by atoms with Gasteiger partial charge in [-0.25, -0.2) is 4.98 Å². The van der Waals surface area contributed by atoms with Crippen LogP contribution in [-0.2, 0) is 19.5 Å². The summed E-state index contributed by atoms with van der Waals surface area (Å²) >= 11 is 0. The molecular formula is C21H29N5O2. The lowest BCUT2D eigenvalue weighted by molar-refractivity contribution is 0.0684. The fourth-order valence-corrected chi connectivity index (χ4v) is 4.57. The summed E-state index contributed by atoms with van der Waals surface area (Å²) in [6.45, 7) is 7.36. The first-order valence-corrected chi connectivity index (χ1v) is 10.3. The van der Waals surface area contributed by atoms with Crippen LogP contribution < -0.4 is 10.9 Å². The maximum absolute atomic E-state index is 13.5.